The molecule has 1 nitrogen and oxygen atoms in total. The van der Waals surface area contributed by atoms with Gasteiger partial charge >= 0.3 is 0 Å². The normalized spacial score (nSPS) is 14.3. The van der Waals surface area contributed by atoms with Gasteiger partial charge in [0.2, 0.25) is 0 Å². The van der Waals surface area contributed by atoms with Crippen molar-refractivity contribution in [1.82, 2.24) is 5.32 Å². The Morgan fingerprint density at radius 2 is 1.79 bits per heavy atom. The summed E-state index contributed by atoms with van der Waals surface area (Å²) in [5, 5.41) is 5.84. The van der Waals surface area contributed by atoms with Crippen LogP contribution in [-0.4, -0.2) is 6.04 Å². The lowest BCUT2D eigenvalue weighted by atomic mass is 10.0. The highest BCUT2D eigenvalue weighted by atomic mass is 32.1. The zero-order chi connectivity index (χ0) is 13.8. The van der Waals surface area contributed by atoms with Crippen LogP contribution < -0.4 is 5.32 Å². The summed E-state index contributed by atoms with van der Waals surface area (Å²) >= 11 is 1.84. The molecule has 2 rings (SSSR count). The molecule has 0 aliphatic heterocycles. The van der Waals surface area contributed by atoms with Gasteiger partial charge in [0.25, 0.3) is 0 Å². The summed E-state index contributed by atoms with van der Waals surface area (Å²) in [4.78, 5) is 1.45. The van der Waals surface area contributed by atoms with Gasteiger partial charge in [-0.05, 0) is 51.1 Å². The van der Waals surface area contributed by atoms with E-state index in [-0.39, 0.29) is 0 Å². The van der Waals surface area contributed by atoms with Gasteiger partial charge in [-0.3, -0.25) is 0 Å². The van der Waals surface area contributed by atoms with E-state index in [1.54, 1.807) is 0 Å². The standard InChI is InChI=1S/C17H23NS/c1-12-8-13(2)10-16(9-12)15(4)18-14(3)11-17-6-5-7-19-17/h5-10,14-15,18H,11H2,1-4H3. The van der Waals surface area contributed by atoms with Gasteiger partial charge in [-0.15, -0.1) is 11.3 Å². The summed E-state index contributed by atoms with van der Waals surface area (Å²) < 4.78 is 0. The first-order valence-electron chi connectivity index (χ1n) is 6.91. The van der Waals surface area contributed by atoms with Gasteiger partial charge in [-0.25, -0.2) is 0 Å². The summed E-state index contributed by atoms with van der Waals surface area (Å²) in [6, 6.07) is 12.0. The zero-order valence-electron chi connectivity index (χ0n) is 12.2. The monoisotopic (exact) mass is 273 g/mol. The average molecular weight is 273 g/mol. The van der Waals surface area contributed by atoms with Crippen LogP contribution in [0.1, 0.15) is 41.5 Å². The highest BCUT2D eigenvalue weighted by Crippen LogP contribution is 2.18. The van der Waals surface area contributed by atoms with Gasteiger partial charge in [0.1, 0.15) is 0 Å². The van der Waals surface area contributed by atoms with Crippen molar-refractivity contribution in [3.8, 4) is 0 Å². The maximum absolute atomic E-state index is 3.70. The van der Waals surface area contributed by atoms with Gasteiger partial charge < -0.3 is 5.32 Å². The number of benzene rings is 1. The minimum absolute atomic E-state index is 0.397. The molecule has 0 radical (unpaired) electrons. The first kappa shape index (κ1) is 14.3. The Morgan fingerprint density at radius 1 is 1.11 bits per heavy atom. The van der Waals surface area contributed by atoms with Crippen LogP contribution in [0.2, 0.25) is 0 Å². The topological polar surface area (TPSA) is 12.0 Å². The molecule has 0 bridgehead atoms. The summed E-state index contributed by atoms with van der Waals surface area (Å²) in [5.74, 6) is 0. The fraction of sp³-hybridized carbons (Fsp3) is 0.412. The van der Waals surface area contributed by atoms with Crippen molar-refractivity contribution in [1.29, 1.82) is 0 Å². The van der Waals surface area contributed by atoms with E-state index in [0.29, 0.717) is 12.1 Å². The molecule has 0 saturated heterocycles. The molecule has 0 spiro atoms. The predicted molar refractivity (Wildman–Crippen MR) is 85.0 cm³/mol. The van der Waals surface area contributed by atoms with Crippen molar-refractivity contribution in [2.24, 2.45) is 0 Å². The molecule has 2 unspecified atom stereocenters. The van der Waals surface area contributed by atoms with Crippen LogP contribution in [0.5, 0.6) is 0 Å². The lowest BCUT2D eigenvalue weighted by Gasteiger charge is -2.21. The molecule has 1 aromatic heterocycles. The molecule has 0 fully saturated rings. The van der Waals surface area contributed by atoms with Crippen LogP contribution in [0.15, 0.2) is 35.7 Å². The Hall–Kier alpha value is -1.12. The molecule has 102 valence electrons. The molecular weight excluding hydrogens is 250 g/mol. The molecule has 2 aromatic rings. The minimum atomic E-state index is 0.397. The number of aryl methyl sites for hydroxylation is 2. The van der Waals surface area contributed by atoms with E-state index in [4.69, 9.17) is 0 Å². The van der Waals surface area contributed by atoms with E-state index in [9.17, 15) is 0 Å². The highest BCUT2D eigenvalue weighted by Gasteiger charge is 2.11. The van der Waals surface area contributed by atoms with Crippen molar-refractivity contribution in [3.05, 3.63) is 57.3 Å². The van der Waals surface area contributed by atoms with Crippen molar-refractivity contribution < 1.29 is 0 Å². The molecule has 19 heavy (non-hydrogen) atoms. The third-order valence-corrected chi connectivity index (χ3v) is 4.26. The van der Waals surface area contributed by atoms with Gasteiger partial charge in [-0.2, -0.15) is 0 Å². The van der Waals surface area contributed by atoms with Crippen LogP contribution in [-0.2, 0) is 6.42 Å². The summed E-state index contributed by atoms with van der Waals surface area (Å²) in [6.45, 7) is 8.84. The van der Waals surface area contributed by atoms with E-state index < -0.39 is 0 Å². The van der Waals surface area contributed by atoms with E-state index in [1.165, 1.54) is 21.6 Å². The number of hydrogen-bond acceptors (Lipinski definition) is 2. The maximum atomic E-state index is 3.70. The molecule has 2 atom stereocenters. The quantitative estimate of drug-likeness (QED) is 0.836. The molecule has 0 amide bonds. The fourth-order valence-corrected chi connectivity index (χ4v) is 3.41. The van der Waals surface area contributed by atoms with Gasteiger partial charge in [0, 0.05) is 17.0 Å². The Morgan fingerprint density at radius 3 is 2.37 bits per heavy atom. The van der Waals surface area contributed by atoms with Crippen molar-refractivity contribution in [2.45, 2.75) is 46.2 Å². The first-order valence-corrected chi connectivity index (χ1v) is 7.79. The minimum Gasteiger partial charge on any atom is -0.307 e. The van der Waals surface area contributed by atoms with Crippen LogP contribution in [0.3, 0.4) is 0 Å². The maximum Gasteiger partial charge on any atom is 0.0294 e. The number of nitrogens with one attached hydrogen (secondary N) is 1. The Bertz CT molecular complexity index is 496. The lowest BCUT2D eigenvalue weighted by Crippen LogP contribution is -2.30. The Kier molecular flexibility index (Phi) is 4.78. The SMILES string of the molecule is Cc1cc(C)cc(C(C)NC(C)Cc2cccs2)c1. The second-order valence-corrected chi connectivity index (χ2v) is 6.53. The predicted octanol–water partition coefficient (Wildman–Crippen LogP) is 4.65. The second-order valence-electron chi connectivity index (χ2n) is 5.49. The second kappa shape index (κ2) is 6.36. The molecular formula is C17H23NS. The highest BCUT2D eigenvalue weighted by molar-refractivity contribution is 7.09. The van der Waals surface area contributed by atoms with Crippen LogP contribution in [0.4, 0.5) is 0 Å². The first-order chi connectivity index (χ1) is 9.04. The Balaban J connectivity index is 1.98. The van der Waals surface area contributed by atoms with Gasteiger partial charge in [0.15, 0.2) is 0 Å². The van der Waals surface area contributed by atoms with E-state index >= 15 is 0 Å². The van der Waals surface area contributed by atoms with Crippen molar-refractivity contribution in [3.63, 3.8) is 0 Å². The molecule has 0 saturated carbocycles. The molecule has 1 heterocycles. The molecule has 2 heteroatoms. The van der Waals surface area contributed by atoms with Gasteiger partial charge in [0.05, 0.1) is 0 Å². The fourth-order valence-electron chi connectivity index (χ4n) is 2.57. The summed E-state index contributed by atoms with van der Waals surface area (Å²) in [6.07, 6.45) is 1.10. The number of rotatable bonds is 5. The van der Waals surface area contributed by atoms with Crippen LogP contribution in [0, 0.1) is 13.8 Å². The van der Waals surface area contributed by atoms with E-state index in [1.807, 2.05) is 11.3 Å². The smallest absolute Gasteiger partial charge is 0.0294 e. The van der Waals surface area contributed by atoms with Crippen molar-refractivity contribution in [2.75, 3.05) is 0 Å². The molecule has 1 aromatic carbocycles. The lowest BCUT2D eigenvalue weighted by molar-refractivity contribution is 0.479. The van der Waals surface area contributed by atoms with E-state index in [2.05, 4.69) is 68.7 Å². The summed E-state index contributed by atoms with van der Waals surface area (Å²) in [7, 11) is 0. The zero-order valence-corrected chi connectivity index (χ0v) is 13.1. The van der Waals surface area contributed by atoms with Crippen LogP contribution in [0.25, 0.3) is 0 Å². The molecule has 0 aliphatic rings. The largest absolute Gasteiger partial charge is 0.307 e. The Labute approximate surface area is 120 Å². The average Bonchev–Trinajstić information content (AvgIpc) is 2.80. The van der Waals surface area contributed by atoms with Gasteiger partial charge in [-0.1, -0.05) is 35.4 Å². The van der Waals surface area contributed by atoms with E-state index in [0.717, 1.165) is 6.42 Å². The third kappa shape index (κ3) is 4.19. The molecule has 1 N–H and O–H groups in total. The summed E-state index contributed by atoms with van der Waals surface area (Å²) in [5.41, 5.74) is 4.07. The molecule has 0 aliphatic carbocycles. The van der Waals surface area contributed by atoms with Crippen LogP contribution >= 0.6 is 11.3 Å². The third-order valence-electron chi connectivity index (χ3n) is 3.37. The van der Waals surface area contributed by atoms with Crippen molar-refractivity contribution >= 4 is 11.3 Å². The number of thiophene rings is 1. The number of hydrogen-bond donors (Lipinski definition) is 1.